The second-order valence-corrected chi connectivity index (χ2v) is 5.26. The molecule has 0 heterocycles. The predicted octanol–water partition coefficient (Wildman–Crippen LogP) is 3.92. The summed E-state index contributed by atoms with van der Waals surface area (Å²) in [5.74, 6) is -0.985. The van der Waals surface area contributed by atoms with Crippen LogP contribution in [0.1, 0.15) is 12.5 Å². The zero-order valence-electron chi connectivity index (χ0n) is 12.5. The van der Waals surface area contributed by atoms with E-state index >= 15 is 0 Å². The van der Waals surface area contributed by atoms with Crippen LogP contribution >= 0.6 is 11.6 Å². The van der Waals surface area contributed by atoms with Gasteiger partial charge < -0.3 is 10.1 Å². The summed E-state index contributed by atoms with van der Waals surface area (Å²) in [6, 6.07) is 16.0. The molecule has 2 rings (SSSR count). The number of nitrogens with one attached hydrogen (secondary N) is 1. The maximum atomic E-state index is 12.0. The molecule has 5 heteroatoms. The summed E-state index contributed by atoms with van der Waals surface area (Å²) in [7, 11) is 0. The van der Waals surface area contributed by atoms with E-state index in [-0.39, 0.29) is 0 Å². The molecular weight excluding hydrogens is 314 g/mol. The number of halogens is 1. The number of hydrogen-bond acceptors (Lipinski definition) is 3. The number of anilines is 1. The van der Waals surface area contributed by atoms with Gasteiger partial charge in [0.1, 0.15) is 0 Å². The third kappa shape index (κ3) is 5.60. The molecular formula is C18H16ClNO3. The molecule has 0 aromatic heterocycles. The fraction of sp³-hybridized carbons (Fsp3) is 0.111. The first-order valence-electron chi connectivity index (χ1n) is 7.05. The summed E-state index contributed by atoms with van der Waals surface area (Å²) in [6.07, 6.45) is 2.02. The van der Waals surface area contributed by atoms with Gasteiger partial charge in [-0.15, -0.1) is 0 Å². The topological polar surface area (TPSA) is 55.4 Å². The van der Waals surface area contributed by atoms with Crippen molar-refractivity contribution < 1.29 is 14.3 Å². The fourth-order valence-corrected chi connectivity index (χ4v) is 1.90. The first-order chi connectivity index (χ1) is 11.0. The summed E-state index contributed by atoms with van der Waals surface area (Å²) >= 11 is 5.78. The smallest absolute Gasteiger partial charge is 0.331 e. The zero-order valence-corrected chi connectivity index (χ0v) is 13.3. The third-order valence-electron chi connectivity index (χ3n) is 2.99. The average molecular weight is 330 g/mol. The highest BCUT2D eigenvalue weighted by Crippen LogP contribution is 2.14. The van der Waals surface area contributed by atoms with Crippen LogP contribution in [-0.2, 0) is 14.3 Å². The number of hydrogen-bond donors (Lipinski definition) is 1. The molecule has 0 bridgehead atoms. The number of rotatable bonds is 5. The summed E-state index contributed by atoms with van der Waals surface area (Å²) in [6.45, 7) is 1.51. The van der Waals surface area contributed by atoms with E-state index in [2.05, 4.69) is 5.32 Å². The van der Waals surface area contributed by atoms with Gasteiger partial charge in [0.15, 0.2) is 6.10 Å². The molecule has 0 spiro atoms. The van der Waals surface area contributed by atoms with Gasteiger partial charge in [0.25, 0.3) is 5.91 Å². The van der Waals surface area contributed by atoms with E-state index < -0.39 is 18.0 Å². The molecule has 0 saturated carbocycles. The van der Waals surface area contributed by atoms with Crippen molar-refractivity contribution >= 4 is 35.2 Å². The number of benzene rings is 2. The van der Waals surface area contributed by atoms with Gasteiger partial charge in [-0.1, -0.05) is 41.9 Å². The van der Waals surface area contributed by atoms with Crippen molar-refractivity contribution in [2.24, 2.45) is 0 Å². The van der Waals surface area contributed by atoms with E-state index in [1.165, 1.54) is 13.0 Å². The van der Waals surface area contributed by atoms with Crippen molar-refractivity contribution in [2.75, 3.05) is 5.32 Å². The largest absolute Gasteiger partial charge is 0.449 e. The lowest BCUT2D eigenvalue weighted by Gasteiger charge is -2.12. The van der Waals surface area contributed by atoms with Crippen molar-refractivity contribution in [3.05, 3.63) is 71.3 Å². The fourth-order valence-electron chi connectivity index (χ4n) is 1.77. The van der Waals surface area contributed by atoms with Crippen LogP contribution < -0.4 is 5.32 Å². The Morgan fingerprint density at radius 3 is 2.39 bits per heavy atom. The summed E-state index contributed by atoms with van der Waals surface area (Å²) in [5, 5.41) is 3.23. The van der Waals surface area contributed by atoms with E-state index in [1.54, 1.807) is 30.3 Å². The van der Waals surface area contributed by atoms with Crippen LogP contribution in [-0.4, -0.2) is 18.0 Å². The SMILES string of the molecule is CC(OC(=O)/C=C/c1ccccc1)C(=O)Nc1ccc(Cl)cc1. The van der Waals surface area contributed by atoms with E-state index in [0.717, 1.165) is 5.56 Å². The van der Waals surface area contributed by atoms with E-state index in [4.69, 9.17) is 16.3 Å². The van der Waals surface area contributed by atoms with Crippen LogP contribution in [0.25, 0.3) is 6.08 Å². The molecule has 1 unspecified atom stereocenters. The monoisotopic (exact) mass is 329 g/mol. The molecule has 118 valence electrons. The van der Waals surface area contributed by atoms with Gasteiger partial charge in [-0.25, -0.2) is 4.79 Å². The van der Waals surface area contributed by atoms with Crippen LogP contribution in [0.2, 0.25) is 5.02 Å². The Bertz CT molecular complexity index is 696. The van der Waals surface area contributed by atoms with Gasteiger partial charge in [0, 0.05) is 16.8 Å². The zero-order chi connectivity index (χ0) is 16.7. The Morgan fingerprint density at radius 1 is 1.09 bits per heavy atom. The highest BCUT2D eigenvalue weighted by Gasteiger charge is 2.16. The molecule has 1 amide bonds. The molecule has 4 nitrogen and oxygen atoms in total. The first kappa shape index (κ1) is 16.8. The maximum Gasteiger partial charge on any atom is 0.331 e. The minimum absolute atomic E-state index is 0.409. The van der Waals surface area contributed by atoms with Crippen molar-refractivity contribution in [2.45, 2.75) is 13.0 Å². The maximum absolute atomic E-state index is 12.0. The van der Waals surface area contributed by atoms with Gasteiger partial charge in [-0.2, -0.15) is 0 Å². The van der Waals surface area contributed by atoms with E-state index in [0.29, 0.717) is 10.7 Å². The molecule has 0 saturated heterocycles. The molecule has 0 aliphatic heterocycles. The second kappa shape index (κ2) is 8.15. The average Bonchev–Trinajstić information content (AvgIpc) is 2.56. The highest BCUT2D eigenvalue weighted by atomic mass is 35.5. The Morgan fingerprint density at radius 2 is 1.74 bits per heavy atom. The quantitative estimate of drug-likeness (QED) is 0.668. The van der Waals surface area contributed by atoms with Crippen LogP contribution in [0.3, 0.4) is 0 Å². The van der Waals surface area contributed by atoms with E-state index in [9.17, 15) is 9.59 Å². The Balaban J connectivity index is 1.86. The van der Waals surface area contributed by atoms with Crippen molar-refractivity contribution in [1.29, 1.82) is 0 Å². The molecule has 2 aromatic carbocycles. The lowest BCUT2D eigenvalue weighted by molar-refractivity contribution is -0.148. The normalized spacial score (nSPS) is 11.9. The molecule has 0 aliphatic carbocycles. The third-order valence-corrected chi connectivity index (χ3v) is 3.24. The highest BCUT2D eigenvalue weighted by molar-refractivity contribution is 6.30. The van der Waals surface area contributed by atoms with Crippen molar-refractivity contribution in [1.82, 2.24) is 0 Å². The Hall–Kier alpha value is -2.59. The van der Waals surface area contributed by atoms with Gasteiger partial charge in [-0.05, 0) is 42.8 Å². The minimum atomic E-state index is -0.904. The summed E-state index contributed by atoms with van der Waals surface area (Å²) < 4.78 is 5.07. The van der Waals surface area contributed by atoms with Crippen LogP contribution in [0.5, 0.6) is 0 Å². The van der Waals surface area contributed by atoms with Crippen molar-refractivity contribution in [3.63, 3.8) is 0 Å². The Labute approximate surface area is 139 Å². The lowest BCUT2D eigenvalue weighted by Crippen LogP contribution is -2.29. The number of carbonyl (C=O) groups excluding carboxylic acids is 2. The number of ether oxygens (including phenoxy) is 1. The van der Waals surface area contributed by atoms with E-state index in [1.807, 2.05) is 30.3 Å². The number of esters is 1. The standard InChI is InChI=1S/C18H16ClNO3/c1-13(18(22)20-16-10-8-15(19)9-11-16)23-17(21)12-7-14-5-3-2-4-6-14/h2-13H,1H3,(H,20,22)/b12-7+. The molecule has 0 fully saturated rings. The van der Waals surface area contributed by atoms with Crippen LogP contribution in [0.15, 0.2) is 60.7 Å². The summed E-state index contributed by atoms with van der Waals surface area (Å²) in [4.78, 5) is 23.7. The molecule has 0 aliphatic rings. The van der Waals surface area contributed by atoms with Gasteiger partial charge in [0.2, 0.25) is 0 Å². The predicted molar refractivity (Wildman–Crippen MR) is 91.1 cm³/mol. The number of carbonyl (C=O) groups is 2. The first-order valence-corrected chi connectivity index (χ1v) is 7.42. The number of amides is 1. The lowest BCUT2D eigenvalue weighted by atomic mass is 10.2. The molecule has 0 radical (unpaired) electrons. The van der Waals surface area contributed by atoms with Crippen LogP contribution in [0, 0.1) is 0 Å². The Kier molecular flexibility index (Phi) is 5.94. The van der Waals surface area contributed by atoms with Crippen molar-refractivity contribution in [3.8, 4) is 0 Å². The second-order valence-electron chi connectivity index (χ2n) is 4.82. The van der Waals surface area contributed by atoms with Gasteiger partial charge >= 0.3 is 5.97 Å². The summed E-state index contributed by atoms with van der Waals surface area (Å²) in [5.41, 5.74) is 1.46. The van der Waals surface area contributed by atoms with Gasteiger partial charge in [-0.3, -0.25) is 4.79 Å². The van der Waals surface area contributed by atoms with Crippen LogP contribution in [0.4, 0.5) is 5.69 Å². The minimum Gasteiger partial charge on any atom is -0.449 e. The molecule has 2 aromatic rings. The molecule has 1 N–H and O–H groups in total. The molecule has 1 atom stereocenters. The molecule has 23 heavy (non-hydrogen) atoms. The van der Waals surface area contributed by atoms with Gasteiger partial charge in [0.05, 0.1) is 0 Å².